The van der Waals surface area contributed by atoms with Crippen molar-refractivity contribution in [2.75, 3.05) is 7.05 Å². The minimum Gasteiger partial charge on any atom is -0.313 e. The van der Waals surface area contributed by atoms with E-state index in [0.717, 1.165) is 21.2 Å². The Morgan fingerprint density at radius 2 is 2.29 bits per heavy atom. The van der Waals surface area contributed by atoms with Crippen molar-refractivity contribution in [3.05, 3.63) is 34.7 Å². The van der Waals surface area contributed by atoms with E-state index in [4.69, 9.17) is 0 Å². The van der Waals surface area contributed by atoms with Gasteiger partial charge in [0.1, 0.15) is 5.82 Å². The first-order valence-electron chi connectivity index (χ1n) is 4.35. The third kappa shape index (κ3) is 1.91. The molecular formula is C10H10BrN3. The first kappa shape index (κ1) is 9.55. The molecule has 2 aromatic rings. The van der Waals surface area contributed by atoms with Gasteiger partial charge in [-0.15, -0.1) is 0 Å². The summed E-state index contributed by atoms with van der Waals surface area (Å²) < 4.78 is 1.05. The monoisotopic (exact) mass is 251 g/mol. The van der Waals surface area contributed by atoms with Gasteiger partial charge in [0.2, 0.25) is 0 Å². The van der Waals surface area contributed by atoms with Gasteiger partial charge >= 0.3 is 0 Å². The Morgan fingerprint density at radius 3 is 3.07 bits per heavy atom. The molecule has 0 aliphatic rings. The number of rotatable bonds is 2. The van der Waals surface area contributed by atoms with Crippen molar-refractivity contribution in [3.63, 3.8) is 0 Å². The summed E-state index contributed by atoms with van der Waals surface area (Å²) in [6.07, 6.45) is 1.85. The van der Waals surface area contributed by atoms with Crippen molar-refractivity contribution < 1.29 is 0 Å². The van der Waals surface area contributed by atoms with Crippen LogP contribution in [0.1, 0.15) is 5.82 Å². The lowest BCUT2D eigenvalue weighted by Gasteiger charge is -2.01. The molecule has 2 rings (SSSR count). The van der Waals surface area contributed by atoms with Crippen LogP contribution in [0.5, 0.6) is 0 Å². The van der Waals surface area contributed by atoms with Crippen LogP contribution in [-0.2, 0) is 6.54 Å². The Bertz CT molecular complexity index is 456. The molecule has 1 heterocycles. The van der Waals surface area contributed by atoms with Crippen LogP contribution in [0.3, 0.4) is 0 Å². The number of hydrogen-bond donors (Lipinski definition) is 1. The van der Waals surface area contributed by atoms with Crippen molar-refractivity contribution in [2.24, 2.45) is 0 Å². The number of nitrogens with one attached hydrogen (secondary N) is 1. The maximum Gasteiger partial charge on any atom is 0.142 e. The number of fused-ring (bicyclic) bond motifs is 1. The maximum absolute atomic E-state index is 4.41. The van der Waals surface area contributed by atoms with E-state index < -0.39 is 0 Å². The Hall–Kier alpha value is -1.00. The molecule has 14 heavy (non-hydrogen) atoms. The van der Waals surface area contributed by atoms with Crippen LogP contribution in [0, 0.1) is 0 Å². The molecule has 0 atom stereocenters. The zero-order valence-corrected chi connectivity index (χ0v) is 9.37. The predicted octanol–water partition coefficient (Wildman–Crippen LogP) is 2.11. The first-order chi connectivity index (χ1) is 6.79. The second-order valence-electron chi connectivity index (χ2n) is 3.02. The fraction of sp³-hybridized carbons (Fsp3) is 0.200. The minimum atomic E-state index is 0.700. The van der Waals surface area contributed by atoms with E-state index in [2.05, 4.69) is 31.2 Å². The summed E-state index contributed by atoms with van der Waals surface area (Å²) in [4.78, 5) is 8.65. The Balaban J connectivity index is 2.50. The van der Waals surface area contributed by atoms with Crippen LogP contribution in [-0.4, -0.2) is 17.0 Å². The Labute approximate surface area is 90.7 Å². The Morgan fingerprint density at radius 1 is 1.43 bits per heavy atom. The molecule has 1 aromatic heterocycles. The van der Waals surface area contributed by atoms with Crippen LogP contribution in [0.15, 0.2) is 28.9 Å². The predicted molar refractivity (Wildman–Crippen MR) is 60.0 cm³/mol. The third-order valence-electron chi connectivity index (χ3n) is 1.93. The van der Waals surface area contributed by atoms with Gasteiger partial charge < -0.3 is 5.32 Å². The van der Waals surface area contributed by atoms with Crippen LogP contribution < -0.4 is 5.32 Å². The lowest BCUT2D eigenvalue weighted by Crippen LogP contribution is -2.08. The summed E-state index contributed by atoms with van der Waals surface area (Å²) in [5.74, 6) is 0.822. The highest BCUT2D eigenvalue weighted by molar-refractivity contribution is 9.10. The summed E-state index contributed by atoms with van der Waals surface area (Å²) in [7, 11) is 1.88. The van der Waals surface area contributed by atoms with Gasteiger partial charge in [0.25, 0.3) is 0 Å². The summed E-state index contributed by atoms with van der Waals surface area (Å²) in [5.41, 5.74) is 0.980. The standard InChI is InChI=1S/C10H10BrN3/c1-12-6-10-13-5-7-4-8(11)2-3-9(7)14-10/h2-5,12H,6H2,1H3. The van der Waals surface area contributed by atoms with E-state index in [1.54, 1.807) is 0 Å². The SMILES string of the molecule is CNCc1ncc2cc(Br)ccc2n1. The molecule has 72 valence electrons. The van der Waals surface area contributed by atoms with E-state index in [9.17, 15) is 0 Å². The minimum absolute atomic E-state index is 0.700. The molecule has 0 radical (unpaired) electrons. The van der Waals surface area contributed by atoms with E-state index in [0.29, 0.717) is 6.54 Å². The molecule has 4 heteroatoms. The van der Waals surface area contributed by atoms with Crippen molar-refractivity contribution in [3.8, 4) is 0 Å². The fourth-order valence-corrected chi connectivity index (χ4v) is 1.66. The molecular weight excluding hydrogens is 242 g/mol. The van der Waals surface area contributed by atoms with Crippen molar-refractivity contribution >= 4 is 26.8 Å². The van der Waals surface area contributed by atoms with Gasteiger partial charge in [-0.05, 0) is 25.2 Å². The maximum atomic E-state index is 4.41. The van der Waals surface area contributed by atoms with Crippen LogP contribution in [0.25, 0.3) is 10.9 Å². The van der Waals surface area contributed by atoms with Crippen molar-refractivity contribution in [2.45, 2.75) is 6.54 Å². The number of halogens is 1. The van der Waals surface area contributed by atoms with Crippen molar-refractivity contribution in [1.82, 2.24) is 15.3 Å². The summed E-state index contributed by atoms with van der Waals surface area (Å²) in [6.45, 7) is 0.700. The van der Waals surface area contributed by atoms with E-state index in [1.807, 2.05) is 31.4 Å². The quantitative estimate of drug-likeness (QED) is 0.889. The summed E-state index contributed by atoms with van der Waals surface area (Å²) >= 11 is 3.41. The van der Waals surface area contributed by atoms with Gasteiger partial charge in [-0.3, -0.25) is 0 Å². The van der Waals surface area contributed by atoms with E-state index >= 15 is 0 Å². The van der Waals surface area contributed by atoms with Crippen molar-refractivity contribution in [1.29, 1.82) is 0 Å². The van der Waals surface area contributed by atoms with Crippen LogP contribution >= 0.6 is 15.9 Å². The number of hydrogen-bond acceptors (Lipinski definition) is 3. The van der Waals surface area contributed by atoms with Crippen LogP contribution in [0.2, 0.25) is 0 Å². The average Bonchev–Trinajstić information content (AvgIpc) is 2.19. The molecule has 0 spiro atoms. The van der Waals surface area contributed by atoms with E-state index in [-0.39, 0.29) is 0 Å². The lowest BCUT2D eigenvalue weighted by atomic mass is 10.2. The summed E-state index contributed by atoms with van der Waals surface area (Å²) in [6, 6.07) is 5.98. The van der Waals surface area contributed by atoms with Crippen LogP contribution in [0.4, 0.5) is 0 Å². The van der Waals surface area contributed by atoms with Gasteiger partial charge in [-0.25, -0.2) is 9.97 Å². The third-order valence-corrected chi connectivity index (χ3v) is 2.42. The largest absolute Gasteiger partial charge is 0.313 e. The molecule has 1 N–H and O–H groups in total. The molecule has 3 nitrogen and oxygen atoms in total. The van der Waals surface area contributed by atoms with Gasteiger partial charge in [0.05, 0.1) is 12.1 Å². The highest BCUT2D eigenvalue weighted by atomic mass is 79.9. The number of nitrogens with zero attached hydrogens (tertiary/aromatic N) is 2. The molecule has 0 aliphatic heterocycles. The number of benzene rings is 1. The highest BCUT2D eigenvalue weighted by Gasteiger charge is 1.99. The normalized spacial score (nSPS) is 10.7. The van der Waals surface area contributed by atoms with Gasteiger partial charge in [0.15, 0.2) is 0 Å². The molecule has 0 fully saturated rings. The summed E-state index contributed by atoms with van der Waals surface area (Å²) in [5, 5.41) is 4.08. The zero-order chi connectivity index (χ0) is 9.97. The second kappa shape index (κ2) is 4.02. The van der Waals surface area contributed by atoms with Gasteiger partial charge in [-0.2, -0.15) is 0 Å². The first-order valence-corrected chi connectivity index (χ1v) is 5.14. The van der Waals surface area contributed by atoms with Gasteiger partial charge in [-0.1, -0.05) is 15.9 Å². The molecule has 0 aliphatic carbocycles. The van der Waals surface area contributed by atoms with E-state index in [1.165, 1.54) is 0 Å². The molecule has 0 saturated carbocycles. The molecule has 0 bridgehead atoms. The molecule has 1 aromatic carbocycles. The number of aromatic nitrogens is 2. The lowest BCUT2D eigenvalue weighted by molar-refractivity contribution is 0.764. The molecule has 0 unspecified atom stereocenters. The van der Waals surface area contributed by atoms with Gasteiger partial charge in [0, 0.05) is 16.1 Å². The average molecular weight is 252 g/mol. The molecule has 0 saturated heterocycles. The Kier molecular flexibility index (Phi) is 2.74. The fourth-order valence-electron chi connectivity index (χ4n) is 1.29. The highest BCUT2D eigenvalue weighted by Crippen LogP contribution is 2.17. The smallest absolute Gasteiger partial charge is 0.142 e. The topological polar surface area (TPSA) is 37.8 Å². The second-order valence-corrected chi connectivity index (χ2v) is 3.94. The molecule has 0 amide bonds. The zero-order valence-electron chi connectivity index (χ0n) is 7.79.